The fraction of sp³-hybridized carbons (Fsp3) is 0.250. The molecule has 18 heavy (non-hydrogen) atoms. The van der Waals surface area contributed by atoms with Gasteiger partial charge in [-0.25, -0.2) is 9.97 Å². The van der Waals surface area contributed by atoms with Crippen molar-refractivity contribution in [2.24, 2.45) is 0 Å². The number of H-pyrrole nitrogens is 1. The first-order valence-electron chi connectivity index (χ1n) is 5.62. The maximum Gasteiger partial charge on any atom is 0.252 e. The minimum absolute atomic E-state index is 0.112. The molecule has 0 saturated carbocycles. The molecule has 0 saturated heterocycles. The quantitative estimate of drug-likeness (QED) is 0.852. The van der Waals surface area contributed by atoms with Gasteiger partial charge >= 0.3 is 0 Å². The number of imidazole rings is 1. The van der Waals surface area contributed by atoms with Gasteiger partial charge in [-0.2, -0.15) is 0 Å². The highest BCUT2D eigenvalue weighted by molar-refractivity contribution is 9.10. The molecular weight excluding hydrogens is 296 g/mol. The number of hydrogen-bond acceptors (Lipinski definition) is 3. The number of hydrogen-bond donors (Lipinski definition) is 2. The lowest BCUT2D eigenvalue weighted by molar-refractivity contribution is 0.0933. The van der Waals surface area contributed by atoms with Crippen LogP contribution < -0.4 is 5.32 Å². The Kier molecular flexibility index (Phi) is 4.09. The Bertz CT molecular complexity index is 527. The number of nitrogens with zero attached hydrogens (tertiary/aromatic N) is 2. The molecule has 94 valence electrons. The molecule has 0 fully saturated rings. The Morgan fingerprint density at radius 1 is 1.50 bits per heavy atom. The van der Waals surface area contributed by atoms with Gasteiger partial charge in [0.2, 0.25) is 0 Å². The lowest BCUT2D eigenvalue weighted by Gasteiger charge is -2.14. The third kappa shape index (κ3) is 2.95. The normalized spacial score (nSPS) is 12.1. The summed E-state index contributed by atoms with van der Waals surface area (Å²) in [7, 11) is 0. The Balaban J connectivity index is 2.11. The van der Waals surface area contributed by atoms with Crippen LogP contribution in [-0.2, 0) is 0 Å². The van der Waals surface area contributed by atoms with Crippen LogP contribution in [0, 0.1) is 0 Å². The van der Waals surface area contributed by atoms with Gasteiger partial charge in [0.25, 0.3) is 5.91 Å². The highest BCUT2D eigenvalue weighted by atomic mass is 79.9. The van der Waals surface area contributed by atoms with Gasteiger partial charge < -0.3 is 10.3 Å². The topological polar surface area (TPSA) is 70.7 Å². The Hall–Kier alpha value is -1.69. The molecule has 0 aliphatic rings. The zero-order valence-electron chi connectivity index (χ0n) is 9.85. The van der Waals surface area contributed by atoms with Crippen LogP contribution in [0.3, 0.4) is 0 Å². The van der Waals surface area contributed by atoms with Crippen LogP contribution >= 0.6 is 15.9 Å². The monoisotopic (exact) mass is 308 g/mol. The summed E-state index contributed by atoms with van der Waals surface area (Å²) in [6, 6.07) is 3.25. The lowest BCUT2D eigenvalue weighted by atomic mass is 10.2. The number of carbonyl (C=O) groups is 1. The Labute approximate surface area is 113 Å². The molecule has 1 amide bonds. The van der Waals surface area contributed by atoms with Crippen molar-refractivity contribution in [2.75, 3.05) is 0 Å². The summed E-state index contributed by atoms with van der Waals surface area (Å²) in [5.74, 6) is 0.625. The molecule has 0 aliphatic carbocycles. The van der Waals surface area contributed by atoms with E-state index in [2.05, 4.69) is 36.2 Å². The zero-order valence-corrected chi connectivity index (χ0v) is 11.4. The van der Waals surface area contributed by atoms with Crippen molar-refractivity contribution in [1.29, 1.82) is 0 Å². The zero-order chi connectivity index (χ0) is 13.0. The highest BCUT2D eigenvalue weighted by Gasteiger charge is 2.15. The third-order valence-electron chi connectivity index (χ3n) is 2.55. The molecule has 0 radical (unpaired) electrons. The molecule has 0 bridgehead atoms. The predicted octanol–water partition coefficient (Wildman–Crippen LogP) is 2.45. The fourth-order valence-corrected chi connectivity index (χ4v) is 1.98. The number of carbonyl (C=O) groups excluding carboxylic acids is 1. The average molecular weight is 309 g/mol. The summed E-state index contributed by atoms with van der Waals surface area (Å²) in [6.45, 7) is 2.00. The van der Waals surface area contributed by atoms with Crippen LogP contribution in [0.2, 0.25) is 0 Å². The van der Waals surface area contributed by atoms with Gasteiger partial charge in [-0.3, -0.25) is 4.79 Å². The minimum atomic E-state index is -0.138. The molecule has 5 nitrogen and oxygen atoms in total. The lowest BCUT2D eigenvalue weighted by Crippen LogP contribution is -2.28. The van der Waals surface area contributed by atoms with E-state index in [1.54, 1.807) is 30.7 Å². The molecule has 0 spiro atoms. The van der Waals surface area contributed by atoms with Gasteiger partial charge in [0.05, 0.1) is 6.04 Å². The number of aromatic amines is 1. The number of nitrogens with one attached hydrogen (secondary N) is 2. The minimum Gasteiger partial charge on any atom is -0.347 e. The molecule has 1 unspecified atom stereocenters. The SMILES string of the molecule is CCC(NC(=O)c1ccnc(Br)c1)c1ncc[nH]1. The summed E-state index contributed by atoms with van der Waals surface area (Å²) in [4.78, 5) is 23.2. The van der Waals surface area contributed by atoms with Crippen molar-refractivity contribution in [1.82, 2.24) is 20.3 Å². The highest BCUT2D eigenvalue weighted by Crippen LogP contribution is 2.14. The summed E-state index contributed by atoms with van der Waals surface area (Å²) in [6.07, 6.45) is 5.78. The van der Waals surface area contributed by atoms with E-state index in [1.165, 1.54) is 0 Å². The molecule has 1 atom stereocenters. The van der Waals surface area contributed by atoms with Gasteiger partial charge in [0.15, 0.2) is 0 Å². The summed E-state index contributed by atoms with van der Waals surface area (Å²) >= 11 is 3.24. The van der Waals surface area contributed by atoms with Gasteiger partial charge in [-0.1, -0.05) is 6.92 Å². The van der Waals surface area contributed by atoms with Gasteiger partial charge in [0, 0.05) is 24.2 Å². The number of halogens is 1. The summed E-state index contributed by atoms with van der Waals surface area (Å²) in [5, 5.41) is 2.93. The Morgan fingerprint density at radius 2 is 2.33 bits per heavy atom. The molecule has 2 aromatic heterocycles. The van der Waals surface area contributed by atoms with E-state index in [9.17, 15) is 4.79 Å². The van der Waals surface area contributed by atoms with Gasteiger partial charge in [0.1, 0.15) is 10.4 Å². The van der Waals surface area contributed by atoms with E-state index < -0.39 is 0 Å². The average Bonchev–Trinajstić information content (AvgIpc) is 2.89. The molecule has 0 aliphatic heterocycles. The number of aromatic nitrogens is 3. The van der Waals surface area contributed by atoms with Crippen LogP contribution in [0.1, 0.15) is 35.6 Å². The molecule has 6 heteroatoms. The van der Waals surface area contributed by atoms with Gasteiger partial charge in [-0.05, 0) is 34.5 Å². The van der Waals surface area contributed by atoms with Crippen LogP contribution in [-0.4, -0.2) is 20.9 Å². The van der Waals surface area contributed by atoms with E-state index >= 15 is 0 Å². The van der Waals surface area contributed by atoms with Crippen molar-refractivity contribution >= 4 is 21.8 Å². The van der Waals surface area contributed by atoms with E-state index in [0.29, 0.717) is 10.2 Å². The van der Waals surface area contributed by atoms with Crippen LogP contribution in [0.4, 0.5) is 0 Å². The number of pyridine rings is 1. The largest absolute Gasteiger partial charge is 0.347 e. The second-order valence-corrected chi connectivity index (χ2v) is 4.59. The predicted molar refractivity (Wildman–Crippen MR) is 71.0 cm³/mol. The van der Waals surface area contributed by atoms with Crippen molar-refractivity contribution < 1.29 is 4.79 Å². The fourth-order valence-electron chi connectivity index (χ4n) is 1.62. The van der Waals surface area contributed by atoms with E-state index in [1.807, 2.05) is 6.92 Å². The summed E-state index contributed by atoms with van der Waals surface area (Å²) < 4.78 is 0.640. The van der Waals surface area contributed by atoms with Crippen molar-refractivity contribution in [3.63, 3.8) is 0 Å². The maximum atomic E-state index is 12.1. The molecule has 2 N–H and O–H groups in total. The standard InChI is InChI=1S/C12H13BrN4O/c1-2-9(11-15-5-6-16-11)17-12(18)8-3-4-14-10(13)7-8/h3-7,9H,2H2,1H3,(H,15,16)(H,17,18). The first kappa shape index (κ1) is 12.8. The molecule has 2 rings (SSSR count). The molecular formula is C12H13BrN4O. The van der Waals surface area contributed by atoms with Crippen LogP contribution in [0.15, 0.2) is 35.3 Å². The van der Waals surface area contributed by atoms with E-state index in [0.717, 1.165) is 12.2 Å². The summed E-state index contributed by atoms with van der Waals surface area (Å²) in [5.41, 5.74) is 0.571. The first-order chi connectivity index (χ1) is 8.70. The van der Waals surface area contributed by atoms with Crippen molar-refractivity contribution in [2.45, 2.75) is 19.4 Å². The molecule has 2 heterocycles. The maximum absolute atomic E-state index is 12.1. The second kappa shape index (κ2) is 5.77. The number of rotatable bonds is 4. The Morgan fingerprint density at radius 3 is 2.94 bits per heavy atom. The van der Waals surface area contributed by atoms with Crippen LogP contribution in [0.25, 0.3) is 0 Å². The second-order valence-electron chi connectivity index (χ2n) is 3.78. The van der Waals surface area contributed by atoms with Gasteiger partial charge in [-0.15, -0.1) is 0 Å². The first-order valence-corrected chi connectivity index (χ1v) is 6.41. The molecule has 2 aromatic rings. The smallest absolute Gasteiger partial charge is 0.252 e. The van der Waals surface area contributed by atoms with Crippen molar-refractivity contribution in [3.05, 3.63) is 46.7 Å². The third-order valence-corrected chi connectivity index (χ3v) is 2.99. The van der Waals surface area contributed by atoms with Crippen molar-refractivity contribution in [3.8, 4) is 0 Å². The van der Waals surface area contributed by atoms with E-state index in [4.69, 9.17) is 0 Å². The number of amides is 1. The molecule has 0 aromatic carbocycles. The van der Waals surface area contributed by atoms with E-state index in [-0.39, 0.29) is 11.9 Å². The van der Waals surface area contributed by atoms with Crippen LogP contribution in [0.5, 0.6) is 0 Å².